The number of amides is 1. The average molecular weight is 437 g/mol. The van der Waals surface area contributed by atoms with Crippen LogP contribution in [0.15, 0.2) is 30.4 Å². The number of rotatable bonds is 4. The molecule has 142 valence electrons. The minimum atomic E-state index is -1.48. The third-order valence-electron chi connectivity index (χ3n) is 4.02. The molecule has 3 aromatic rings. The van der Waals surface area contributed by atoms with Crippen LogP contribution in [0.25, 0.3) is 21.5 Å². The Balaban J connectivity index is 1.81. The first-order valence-electron chi connectivity index (χ1n) is 7.69. The second-order valence-corrected chi connectivity index (χ2v) is 7.77. The summed E-state index contributed by atoms with van der Waals surface area (Å²) in [5.74, 6) is -1.77. The van der Waals surface area contributed by atoms with E-state index < -0.39 is 17.5 Å². The number of nitrogens with two attached hydrogens (primary N) is 2. The lowest BCUT2D eigenvalue weighted by atomic mass is 10.1. The highest BCUT2D eigenvalue weighted by atomic mass is 35.5. The Bertz CT molecular complexity index is 1200. The molecule has 5 N–H and O–H groups in total. The van der Waals surface area contributed by atoms with Crippen LogP contribution in [0.2, 0.25) is 10.0 Å². The van der Waals surface area contributed by atoms with Gasteiger partial charge in [0.1, 0.15) is 15.5 Å². The number of nitrogens with zero attached hydrogens (tertiary/aromatic N) is 2. The van der Waals surface area contributed by atoms with Crippen LogP contribution in [0.3, 0.4) is 0 Å². The van der Waals surface area contributed by atoms with Crippen molar-refractivity contribution in [2.45, 2.75) is 5.60 Å². The third-order valence-corrected chi connectivity index (χ3v) is 5.64. The number of esters is 1. The number of phenols is 1. The SMILES string of the molecule is NC(=O)C1(OC(=O)c2cc3c(-c4cc(O)c(Cl)cc4Cl)nc(N)nc3s2)C=C1. The number of nitrogen functional groups attached to an aromatic ring is 1. The fourth-order valence-corrected chi connectivity index (χ4v) is 3.91. The van der Waals surface area contributed by atoms with E-state index in [1.54, 1.807) is 0 Å². The summed E-state index contributed by atoms with van der Waals surface area (Å²) >= 11 is 13.1. The zero-order valence-electron chi connectivity index (χ0n) is 13.8. The summed E-state index contributed by atoms with van der Waals surface area (Å²) in [7, 11) is 0. The molecule has 0 unspecified atom stereocenters. The van der Waals surface area contributed by atoms with Crippen molar-refractivity contribution < 1.29 is 19.4 Å². The predicted molar refractivity (Wildman–Crippen MR) is 105 cm³/mol. The topological polar surface area (TPSA) is 141 Å². The van der Waals surface area contributed by atoms with Crippen molar-refractivity contribution in [3.05, 3.63) is 45.3 Å². The van der Waals surface area contributed by atoms with Gasteiger partial charge < -0.3 is 21.3 Å². The van der Waals surface area contributed by atoms with E-state index in [2.05, 4.69) is 9.97 Å². The summed E-state index contributed by atoms with van der Waals surface area (Å²) in [6.07, 6.45) is 2.78. The molecular formula is C17H10Cl2N4O4S. The highest BCUT2D eigenvalue weighted by Gasteiger charge is 2.45. The van der Waals surface area contributed by atoms with Gasteiger partial charge in [0.05, 0.1) is 15.7 Å². The number of primary amides is 1. The molecule has 2 heterocycles. The number of benzene rings is 1. The fraction of sp³-hybridized carbons (Fsp3) is 0.0588. The van der Waals surface area contributed by atoms with E-state index in [0.29, 0.717) is 21.5 Å². The number of thiophene rings is 1. The number of phenolic OH excluding ortho intramolecular Hbond substituents is 1. The van der Waals surface area contributed by atoms with Crippen molar-refractivity contribution >= 4 is 62.6 Å². The summed E-state index contributed by atoms with van der Waals surface area (Å²) < 4.78 is 5.18. The maximum absolute atomic E-state index is 12.5. The number of hydrogen-bond acceptors (Lipinski definition) is 8. The summed E-state index contributed by atoms with van der Waals surface area (Å²) in [5.41, 5.74) is 10.2. The Morgan fingerprint density at radius 2 is 1.86 bits per heavy atom. The summed E-state index contributed by atoms with van der Waals surface area (Å²) in [5, 5.41) is 10.7. The number of aromatic hydroxyl groups is 1. The minimum Gasteiger partial charge on any atom is -0.506 e. The van der Waals surface area contributed by atoms with Crippen molar-refractivity contribution in [3.63, 3.8) is 0 Å². The average Bonchev–Trinajstić information content (AvgIpc) is 3.28. The highest BCUT2D eigenvalue weighted by Crippen LogP contribution is 2.40. The largest absolute Gasteiger partial charge is 0.506 e. The molecule has 0 spiro atoms. The molecule has 1 amide bonds. The second-order valence-electron chi connectivity index (χ2n) is 5.92. The van der Waals surface area contributed by atoms with Crippen LogP contribution in [0.5, 0.6) is 5.75 Å². The molecule has 0 fully saturated rings. The smallest absolute Gasteiger partial charge is 0.350 e. The molecule has 0 saturated heterocycles. The van der Waals surface area contributed by atoms with Crippen LogP contribution in [0.1, 0.15) is 9.67 Å². The Kier molecular flexibility index (Phi) is 4.18. The first kappa shape index (κ1) is 18.5. The Hall–Kier alpha value is -2.88. The normalized spacial score (nSPS) is 14.2. The first-order chi connectivity index (χ1) is 13.2. The lowest BCUT2D eigenvalue weighted by Crippen LogP contribution is -2.36. The summed E-state index contributed by atoms with van der Waals surface area (Å²) in [6.45, 7) is 0. The molecule has 0 saturated carbocycles. The molecule has 11 heteroatoms. The molecule has 8 nitrogen and oxygen atoms in total. The second kappa shape index (κ2) is 6.33. The number of aromatic nitrogens is 2. The van der Waals surface area contributed by atoms with Gasteiger partial charge in [0.15, 0.2) is 0 Å². The van der Waals surface area contributed by atoms with E-state index in [9.17, 15) is 14.7 Å². The van der Waals surface area contributed by atoms with Crippen molar-refractivity contribution in [1.82, 2.24) is 9.97 Å². The molecule has 1 aliphatic carbocycles. The van der Waals surface area contributed by atoms with Gasteiger partial charge in [-0.2, -0.15) is 0 Å². The van der Waals surface area contributed by atoms with Crippen LogP contribution in [-0.2, 0) is 9.53 Å². The number of fused-ring (bicyclic) bond motifs is 1. The van der Waals surface area contributed by atoms with Gasteiger partial charge in [-0.25, -0.2) is 14.8 Å². The fourth-order valence-electron chi connectivity index (χ4n) is 2.52. The zero-order valence-corrected chi connectivity index (χ0v) is 16.1. The van der Waals surface area contributed by atoms with Gasteiger partial charge in [-0.15, -0.1) is 11.3 Å². The molecule has 2 aromatic heterocycles. The van der Waals surface area contributed by atoms with Crippen LogP contribution >= 0.6 is 34.5 Å². The van der Waals surface area contributed by atoms with Crippen LogP contribution in [0, 0.1) is 0 Å². The van der Waals surface area contributed by atoms with Crippen LogP contribution < -0.4 is 11.5 Å². The maximum Gasteiger partial charge on any atom is 0.350 e. The van der Waals surface area contributed by atoms with Crippen molar-refractivity contribution in [2.24, 2.45) is 5.73 Å². The number of carbonyl (C=O) groups excluding carboxylic acids is 2. The van der Waals surface area contributed by atoms with Gasteiger partial charge in [-0.05, 0) is 30.4 Å². The van der Waals surface area contributed by atoms with E-state index in [1.165, 1.54) is 30.4 Å². The monoisotopic (exact) mass is 436 g/mol. The zero-order chi connectivity index (χ0) is 20.2. The minimum absolute atomic E-state index is 0.0489. The quantitative estimate of drug-likeness (QED) is 0.421. The van der Waals surface area contributed by atoms with Gasteiger partial charge in [0.25, 0.3) is 5.91 Å². The standard InChI is InChI=1S/C17H10Cl2N4O4S/c18-8-5-9(19)10(24)3-6(8)12-7-4-11(28-13(7)23-16(21)22-12)14(25)27-17(1-2-17)15(20)26/h1-5,24H,(H2,20,26)(H2,21,22,23). The maximum atomic E-state index is 12.5. The summed E-state index contributed by atoms with van der Waals surface area (Å²) in [6, 6.07) is 4.21. The molecule has 0 radical (unpaired) electrons. The van der Waals surface area contributed by atoms with Crippen molar-refractivity contribution in [3.8, 4) is 17.0 Å². The lowest BCUT2D eigenvalue weighted by Gasteiger charge is -2.11. The van der Waals surface area contributed by atoms with E-state index in [-0.39, 0.29) is 26.6 Å². The van der Waals surface area contributed by atoms with Gasteiger partial charge >= 0.3 is 5.97 Å². The van der Waals surface area contributed by atoms with Crippen LogP contribution in [0.4, 0.5) is 5.95 Å². The molecule has 1 aromatic carbocycles. The van der Waals surface area contributed by atoms with E-state index in [0.717, 1.165) is 11.3 Å². The Labute approximate surface area is 171 Å². The van der Waals surface area contributed by atoms with E-state index in [4.69, 9.17) is 39.4 Å². The number of ether oxygens (including phenoxy) is 1. The molecule has 0 atom stereocenters. The third kappa shape index (κ3) is 3.03. The van der Waals surface area contributed by atoms with Gasteiger partial charge in [0.2, 0.25) is 11.5 Å². The van der Waals surface area contributed by atoms with Crippen molar-refractivity contribution in [1.29, 1.82) is 0 Å². The van der Waals surface area contributed by atoms with Gasteiger partial charge in [0, 0.05) is 10.9 Å². The molecule has 28 heavy (non-hydrogen) atoms. The van der Waals surface area contributed by atoms with E-state index in [1.807, 2.05) is 0 Å². The Morgan fingerprint density at radius 1 is 1.14 bits per heavy atom. The molecule has 4 rings (SSSR count). The first-order valence-corrected chi connectivity index (χ1v) is 9.26. The predicted octanol–water partition coefficient (Wildman–Crippen LogP) is 2.90. The molecule has 0 aliphatic heterocycles. The van der Waals surface area contributed by atoms with Gasteiger partial charge in [-0.1, -0.05) is 23.2 Å². The molecule has 0 bridgehead atoms. The number of anilines is 1. The molecule has 1 aliphatic rings. The van der Waals surface area contributed by atoms with E-state index >= 15 is 0 Å². The summed E-state index contributed by atoms with van der Waals surface area (Å²) in [4.78, 5) is 32.7. The lowest BCUT2D eigenvalue weighted by molar-refractivity contribution is -0.127. The highest BCUT2D eigenvalue weighted by molar-refractivity contribution is 7.20. The molecular weight excluding hydrogens is 427 g/mol. The number of halogens is 2. The Morgan fingerprint density at radius 3 is 2.50 bits per heavy atom. The van der Waals surface area contributed by atoms with Crippen LogP contribution in [-0.4, -0.2) is 32.6 Å². The number of hydrogen-bond donors (Lipinski definition) is 3. The van der Waals surface area contributed by atoms with Gasteiger partial charge in [-0.3, -0.25) is 4.79 Å². The number of carbonyl (C=O) groups is 2. The van der Waals surface area contributed by atoms with Crippen molar-refractivity contribution in [2.75, 3.05) is 5.73 Å².